The number of hydrogen-bond acceptors (Lipinski definition) is 6. The molecule has 7 nitrogen and oxygen atoms in total. The van der Waals surface area contributed by atoms with Gasteiger partial charge in [0.15, 0.2) is 0 Å². The second kappa shape index (κ2) is 6.93. The Balaban J connectivity index is 2.16. The Morgan fingerprint density at radius 2 is 1.78 bits per heavy atom. The lowest BCUT2D eigenvalue weighted by Crippen LogP contribution is -2.33. The van der Waals surface area contributed by atoms with Crippen LogP contribution in [0.15, 0.2) is 35.2 Å². The van der Waals surface area contributed by atoms with Gasteiger partial charge in [-0.1, -0.05) is 13.3 Å². The quantitative estimate of drug-likeness (QED) is 0.555. The number of hydroxylamine groups is 2. The van der Waals surface area contributed by atoms with Gasteiger partial charge in [-0.3, -0.25) is 9.59 Å². The molecule has 0 spiro atoms. The number of hydrogen-bond donors (Lipinski definition) is 0. The Kier molecular flexibility index (Phi) is 5.17. The van der Waals surface area contributed by atoms with Crippen molar-refractivity contribution >= 4 is 21.9 Å². The van der Waals surface area contributed by atoms with Gasteiger partial charge in [-0.25, -0.2) is 0 Å². The van der Waals surface area contributed by atoms with Gasteiger partial charge in [0.1, 0.15) is 5.75 Å². The number of ether oxygens (including phenoxy) is 1. The summed E-state index contributed by atoms with van der Waals surface area (Å²) in [7, 11) is -4.29. The maximum Gasteiger partial charge on any atom is 0.318 e. The number of amides is 2. The van der Waals surface area contributed by atoms with Gasteiger partial charge in [0.05, 0.1) is 11.5 Å². The number of rotatable bonds is 7. The second-order valence-corrected chi connectivity index (χ2v) is 6.46. The Hall–Kier alpha value is -2.19. The number of imide groups is 1. The fourth-order valence-electron chi connectivity index (χ4n) is 1.92. The van der Waals surface area contributed by atoms with Crippen LogP contribution in [0.5, 0.6) is 5.75 Å². The number of carbonyl (C=O) groups excluding carboxylic acids is 2. The van der Waals surface area contributed by atoms with E-state index in [9.17, 15) is 18.0 Å². The third kappa shape index (κ3) is 3.96. The molecule has 1 aromatic rings. The van der Waals surface area contributed by atoms with Crippen molar-refractivity contribution in [3.05, 3.63) is 35.9 Å². The van der Waals surface area contributed by atoms with Gasteiger partial charge >= 0.3 is 10.1 Å². The van der Waals surface area contributed by atoms with Crippen LogP contribution in [0, 0.1) is 6.92 Å². The first-order chi connectivity index (χ1) is 10.8. The average Bonchev–Trinajstić information content (AvgIpc) is 2.79. The molecule has 0 aromatic heterocycles. The van der Waals surface area contributed by atoms with Gasteiger partial charge in [-0.05, 0) is 37.1 Å². The first kappa shape index (κ1) is 17.2. The normalized spacial score (nSPS) is 14.6. The Labute approximate surface area is 134 Å². The molecular formula is C15H17NO6S. The number of benzene rings is 1. The summed E-state index contributed by atoms with van der Waals surface area (Å²) in [4.78, 5) is 22.6. The Morgan fingerprint density at radius 1 is 1.13 bits per heavy atom. The van der Waals surface area contributed by atoms with Gasteiger partial charge in [0.25, 0.3) is 11.8 Å². The predicted molar refractivity (Wildman–Crippen MR) is 80.8 cm³/mol. The number of carbonyl (C=O) groups is 2. The Morgan fingerprint density at radius 3 is 2.35 bits per heavy atom. The molecule has 2 amide bonds. The summed E-state index contributed by atoms with van der Waals surface area (Å²) in [5.41, 5.74) is 0.394. The molecule has 8 heteroatoms. The lowest BCUT2D eigenvalue weighted by atomic mass is 10.2. The lowest BCUT2D eigenvalue weighted by molar-refractivity contribution is -0.161. The predicted octanol–water partition coefficient (Wildman–Crippen LogP) is 1.72. The maximum absolute atomic E-state index is 12.2. The lowest BCUT2D eigenvalue weighted by Gasteiger charge is -2.14. The molecular weight excluding hydrogens is 322 g/mol. The molecule has 2 rings (SSSR count). The van der Waals surface area contributed by atoms with E-state index in [-0.39, 0.29) is 9.96 Å². The summed E-state index contributed by atoms with van der Waals surface area (Å²) in [5, 5.41) is 0.209. The van der Waals surface area contributed by atoms with E-state index in [0.717, 1.165) is 25.0 Å². The standard InChI is InChI=1S/C15H17NO6S/c1-3-4-9-21-12-5-6-13(11(2)10-12)23(19,20)22-16-14(17)7-8-15(16)18/h5-8,10H,3-4,9H2,1-2H3. The zero-order chi connectivity index (χ0) is 17.0. The van der Waals surface area contributed by atoms with Crippen LogP contribution in [0.25, 0.3) is 0 Å². The molecule has 0 aliphatic carbocycles. The smallest absolute Gasteiger partial charge is 0.318 e. The molecule has 1 heterocycles. The van der Waals surface area contributed by atoms with E-state index in [1.54, 1.807) is 13.0 Å². The van der Waals surface area contributed by atoms with E-state index in [4.69, 9.17) is 4.74 Å². The fourth-order valence-corrected chi connectivity index (χ4v) is 3.04. The molecule has 1 aromatic carbocycles. The highest BCUT2D eigenvalue weighted by molar-refractivity contribution is 7.86. The molecule has 0 bridgehead atoms. The summed E-state index contributed by atoms with van der Waals surface area (Å²) in [6, 6.07) is 4.40. The molecule has 124 valence electrons. The SMILES string of the molecule is CCCCOc1ccc(S(=O)(=O)ON2C(=O)C=CC2=O)c(C)c1. The van der Waals surface area contributed by atoms with Crippen molar-refractivity contribution < 1.29 is 27.0 Å². The van der Waals surface area contributed by atoms with Gasteiger partial charge in [0.2, 0.25) is 0 Å². The average molecular weight is 339 g/mol. The van der Waals surface area contributed by atoms with Crippen LogP contribution >= 0.6 is 0 Å². The summed E-state index contributed by atoms with van der Waals surface area (Å²) in [5.74, 6) is -1.13. The summed E-state index contributed by atoms with van der Waals surface area (Å²) >= 11 is 0. The molecule has 1 aliphatic rings. The monoisotopic (exact) mass is 339 g/mol. The highest BCUT2D eigenvalue weighted by Gasteiger charge is 2.32. The van der Waals surface area contributed by atoms with Crippen LogP contribution in [0.3, 0.4) is 0 Å². The zero-order valence-electron chi connectivity index (χ0n) is 12.8. The highest BCUT2D eigenvalue weighted by atomic mass is 32.2. The van der Waals surface area contributed by atoms with Crippen LogP contribution in [0.2, 0.25) is 0 Å². The number of aryl methyl sites for hydroxylation is 1. The van der Waals surface area contributed by atoms with Crippen LogP contribution in [-0.4, -0.2) is 31.9 Å². The third-order valence-electron chi connectivity index (χ3n) is 3.12. The molecule has 1 aliphatic heterocycles. The first-order valence-corrected chi connectivity index (χ1v) is 8.50. The summed E-state index contributed by atoms with van der Waals surface area (Å²) in [6.45, 7) is 4.16. The van der Waals surface area contributed by atoms with Crippen molar-refractivity contribution in [2.45, 2.75) is 31.6 Å². The van der Waals surface area contributed by atoms with E-state index >= 15 is 0 Å². The molecule has 0 unspecified atom stereocenters. The molecule has 0 radical (unpaired) electrons. The zero-order valence-corrected chi connectivity index (χ0v) is 13.6. The van der Waals surface area contributed by atoms with Crippen LogP contribution in [-0.2, 0) is 24.0 Å². The fraction of sp³-hybridized carbons (Fsp3) is 0.333. The van der Waals surface area contributed by atoms with E-state index in [0.29, 0.717) is 17.9 Å². The Bertz CT molecular complexity index is 735. The van der Waals surface area contributed by atoms with E-state index in [1.807, 2.05) is 6.92 Å². The molecule has 0 saturated heterocycles. The number of nitrogens with zero attached hydrogens (tertiary/aromatic N) is 1. The minimum absolute atomic E-state index is 0.132. The van der Waals surface area contributed by atoms with Gasteiger partial charge < -0.3 is 4.74 Å². The van der Waals surface area contributed by atoms with E-state index < -0.39 is 21.9 Å². The highest BCUT2D eigenvalue weighted by Crippen LogP contribution is 2.24. The minimum Gasteiger partial charge on any atom is -0.494 e. The van der Waals surface area contributed by atoms with Gasteiger partial charge in [-0.2, -0.15) is 8.42 Å². The summed E-state index contributed by atoms with van der Waals surface area (Å²) < 4.78 is 34.6. The van der Waals surface area contributed by atoms with Crippen LogP contribution in [0.1, 0.15) is 25.3 Å². The van der Waals surface area contributed by atoms with Crippen molar-refractivity contribution in [2.24, 2.45) is 0 Å². The molecule has 0 atom stereocenters. The van der Waals surface area contributed by atoms with Gasteiger partial charge in [0, 0.05) is 12.2 Å². The van der Waals surface area contributed by atoms with E-state index in [1.165, 1.54) is 12.1 Å². The third-order valence-corrected chi connectivity index (χ3v) is 4.47. The molecule has 0 saturated carbocycles. The largest absolute Gasteiger partial charge is 0.494 e. The van der Waals surface area contributed by atoms with Crippen molar-refractivity contribution in [3.63, 3.8) is 0 Å². The van der Waals surface area contributed by atoms with Crippen molar-refractivity contribution in [1.29, 1.82) is 0 Å². The molecule has 23 heavy (non-hydrogen) atoms. The number of unbranched alkanes of at least 4 members (excludes halogenated alkanes) is 1. The second-order valence-electron chi connectivity index (χ2n) is 4.96. The van der Waals surface area contributed by atoms with Crippen molar-refractivity contribution in [3.8, 4) is 5.75 Å². The van der Waals surface area contributed by atoms with E-state index in [2.05, 4.69) is 4.28 Å². The van der Waals surface area contributed by atoms with Gasteiger partial charge in [-0.15, -0.1) is 9.35 Å². The molecule has 0 N–H and O–H groups in total. The molecule has 0 fully saturated rings. The first-order valence-electron chi connectivity index (χ1n) is 7.09. The maximum atomic E-state index is 12.2. The van der Waals surface area contributed by atoms with Crippen LogP contribution in [0.4, 0.5) is 0 Å². The minimum atomic E-state index is -4.29. The van der Waals surface area contributed by atoms with Crippen molar-refractivity contribution in [2.75, 3.05) is 6.61 Å². The topological polar surface area (TPSA) is 90.0 Å². The summed E-state index contributed by atoms with van der Waals surface area (Å²) in [6.07, 6.45) is 3.77. The van der Waals surface area contributed by atoms with Crippen LogP contribution < -0.4 is 4.74 Å². The van der Waals surface area contributed by atoms with Crippen molar-refractivity contribution in [1.82, 2.24) is 5.06 Å².